The monoisotopic (exact) mass is 192 g/mol. The quantitative estimate of drug-likeness (QED) is 0.453. The molecular weight excluding hydrogens is 180 g/mol. The van der Waals surface area contributed by atoms with Gasteiger partial charge in [0.2, 0.25) is 0 Å². The summed E-state index contributed by atoms with van der Waals surface area (Å²) in [7, 11) is 1.26. The second-order valence-electron chi connectivity index (χ2n) is 2.75. The number of Topliss-reactive ketones (excluding diaryl/α,β-unsaturated/α-hetero) is 1. The maximum atomic E-state index is 11.1. The molecule has 0 bridgehead atoms. The van der Waals surface area contributed by atoms with Crippen LogP contribution in [-0.4, -0.2) is 59.4 Å². The Labute approximate surface area is 74.7 Å². The number of carbonyl (C=O) groups excluding carboxylic acids is 1. The van der Waals surface area contributed by atoms with Crippen LogP contribution in [0.5, 0.6) is 0 Å². The molecule has 0 unspecified atom stereocenters. The molecule has 1 aliphatic heterocycles. The van der Waals surface area contributed by atoms with Crippen LogP contribution < -0.4 is 0 Å². The Balaban J connectivity index is 2.72. The number of rotatable bonds is 2. The molecule has 3 N–H and O–H groups in total. The number of methoxy groups -OCH3 is 1. The number of aliphatic hydroxyl groups is 3. The van der Waals surface area contributed by atoms with Gasteiger partial charge in [0.05, 0.1) is 6.61 Å². The van der Waals surface area contributed by atoms with E-state index >= 15 is 0 Å². The standard InChI is InChI=1S/C7H12O6/c1-12-7-6(11)5(10)4(9)3(2-8)13-7/h3-4,6-9,11H,2H2,1H3/t3-,4-,6-,7+/m1/s1. The van der Waals surface area contributed by atoms with E-state index in [0.29, 0.717) is 0 Å². The first kappa shape index (κ1) is 10.6. The molecule has 1 rings (SSSR count). The second kappa shape index (κ2) is 4.12. The molecule has 0 spiro atoms. The van der Waals surface area contributed by atoms with Gasteiger partial charge in [-0.1, -0.05) is 0 Å². The van der Waals surface area contributed by atoms with Crippen LogP contribution in [0, 0.1) is 0 Å². The molecule has 0 saturated carbocycles. The summed E-state index contributed by atoms with van der Waals surface area (Å²) >= 11 is 0. The zero-order chi connectivity index (χ0) is 10.0. The Morgan fingerprint density at radius 1 is 1.46 bits per heavy atom. The molecule has 0 aromatic heterocycles. The predicted molar refractivity (Wildman–Crippen MR) is 39.8 cm³/mol. The molecule has 4 atom stereocenters. The highest BCUT2D eigenvalue weighted by molar-refractivity contribution is 5.88. The van der Waals surface area contributed by atoms with E-state index in [4.69, 9.17) is 9.84 Å². The van der Waals surface area contributed by atoms with Gasteiger partial charge in [-0.15, -0.1) is 0 Å². The zero-order valence-electron chi connectivity index (χ0n) is 7.08. The smallest absolute Gasteiger partial charge is 0.197 e. The van der Waals surface area contributed by atoms with Gasteiger partial charge in [-0.2, -0.15) is 0 Å². The summed E-state index contributed by atoms with van der Waals surface area (Å²) in [6, 6.07) is 0. The summed E-state index contributed by atoms with van der Waals surface area (Å²) in [4.78, 5) is 11.1. The topological polar surface area (TPSA) is 96.2 Å². The van der Waals surface area contributed by atoms with Crippen molar-refractivity contribution < 1.29 is 29.6 Å². The third-order valence-corrected chi connectivity index (χ3v) is 1.91. The normalized spacial score (nSPS) is 40.8. The summed E-state index contributed by atoms with van der Waals surface area (Å²) < 4.78 is 9.53. The third kappa shape index (κ3) is 1.87. The van der Waals surface area contributed by atoms with Crippen molar-refractivity contribution in [3.63, 3.8) is 0 Å². The summed E-state index contributed by atoms with van der Waals surface area (Å²) in [6.07, 6.45) is -5.14. The van der Waals surface area contributed by atoms with E-state index in [9.17, 15) is 15.0 Å². The van der Waals surface area contributed by atoms with E-state index in [1.165, 1.54) is 7.11 Å². The zero-order valence-corrected chi connectivity index (χ0v) is 7.08. The summed E-state index contributed by atoms with van der Waals surface area (Å²) in [6.45, 7) is -0.501. The molecule has 76 valence electrons. The number of ketones is 1. The van der Waals surface area contributed by atoms with E-state index in [0.717, 1.165) is 0 Å². The third-order valence-electron chi connectivity index (χ3n) is 1.91. The van der Waals surface area contributed by atoms with Crippen molar-refractivity contribution in [1.82, 2.24) is 0 Å². The maximum Gasteiger partial charge on any atom is 0.197 e. The maximum absolute atomic E-state index is 11.1. The van der Waals surface area contributed by atoms with Crippen LogP contribution >= 0.6 is 0 Å². The predicted octanol–water partition coefficient (Wildman–Crippen LogP) is -2.36. The summed E-state index contributed by atoms with van der Waals surface area (Å²) in [5.74, 6) is -0.794. The number of ether oxygens (including phenoxy) is 2. The molecule has 13 heavy (non-hydrogen) atoms. The van der Waals surface area contributed by atoms with Crippen molar-refractivity contribution in [3.8, 4) is 0 Å². The van der Waals surface area contributed by atoms with Gasteiger partial charge in [-0.05, 0) is 0 Å². The number of aliphatic hydroxyl groups excluding tert-OH is 3. The van der Waals surface area contributed by atoms with E-state index in [2.05, 4.69) is 4.74 Å². The van der Waals surface area contributed by atoms with Crippen molar-refractivity contribution >= 4 is 5.78 Å². The summed E-state index contributed by atoms with van der Waals surface area (Å²) in [5, 5.41) is 27.1. The van der Waals surface area contributed by atoms with Crippen LogP contribution in [0.1, 0.15) is 0 Å². The van der Waals surface area contributed by atoms with Crippen LogP contribution in [0.25, 0.3) is 0 Å². The highest BCUT2D eigenvalue weighted by Gasteiger charge is 2.43. The van der Waals surface area contributed by atoms with Gasteiger partial charge < -0.3 is 24.8 Å². The molecule has 1 heterocycles. The number of hydrogen-bond acceptors (Lipinski definition) is 6. The number of hydrogen-bond donors (Lipinski definition) is 3. The second-order valence-corrected chi connectivity index (χ2v) is 2.75. The highest BCUT2D eigenvalue weighted by atomic mass is 16.7. The van der Waals surface area contributed by atoms with Crippen molar-refractivity contribution in [3.05, 3.63) is 0 Å². The van der Waals surface area contributed by atoms with Crippen molar-refractivity contribution in [1.29, 1.82) is 0 Å². The van der Waals surface area contributed by atoms with Gasteiger partial charge in [0.1, 0.15) is 12.2 Å². The van der Waals surface area contributed by atoms with Crippen LogP contribution in [0.3, 0.4) is 0 Å². The Morgan fingerprint density at radius 3 is 2.54 bits per heavy atom. The largest absolute Gasteiger partial charge is 0.394 e. The van der Waals surface area contributed by atoms with Crippen molar-refractivity contribution in [2.45, 2.75) is 24.6 Å². The van der Waals surface area contributed by atoms with Crippen molar-refractivity contribution in [2.24, 2.45) is 0 Å². The fraction of sp³-hybridized carbons (Fsp3) is 0.857. The molecule has 0 radical (unpaired) electrons. The van der Waals surface area contributed by atoms with Crippen LogP contribution in [0.15, 0.2) is 0 Å². The molecule has 1 saturated heterocycles. The molecule has 1 aliphatic rings. The van der Waals surface area contributed by atoms with E-state index in [1.807, 2.05) is 0 Å². The molecule has 6 heteroatoms. The lowest BCUT2D eigenvalue weighted by Gasteiger charge is -2.34. The van der Waals surface area contributed by atoms with Gasteiger partial charge in [-0.25, -0.2) is 0 Å². The van der Waals surface area contributed by atoms with E-state index in [1.54, 1.807) is 0 Å². The molecule has 6 nitrogen and oxygen atoms in total. The average molecular weight is 192 g/mol. The first-order valence-electron chi connectivity index (χ1n) is 3.80. The van der Waals surface area contributed by atoms with Crippen LogP contribution in [0.2, 0.25) is 0 Å². The Bertz CT molecular complexity index is 175. The Hall–Kier alpha value is -0.530. The molecule has 0 amide bonds. The van der Waals surface area contributed by atoms with Crippen LogP contribution in [0.4, 0.5) is 0 Å². The van der Waals surface area contributed by atoms with E-state index < -0.39 is 37.0 Å². The lowest BCUT2D eigenvalue weighted by atomic mass is 10.0. The Kier molecular flexibility index (Phi) is 3.34. The SMILES string of the molecule is CO[C@H]1O[C@H](CO)[C@@H](O)C(=O)[C@H]1O. The average Bonchev–Trinajstić information content (AvgIpc) is 2.15. The fourth-order valence-corrected chi connectivity index (χ4v) is 1.14. The first-order valence-corrected chi connectivity index (χ1v) is 3.80. The highest BCUT2D eigenvalue weighted by Crippen LogP contribution is 2.17. The molecule has 1 fully saturated rings. The number of carbonyl (C=O) groups is 1. The molecule has 0 aromatic carbocycles. The summed E-state index contributed by atoms with van der Waals surface area (Å²) in [5.41, 5.74) is 0. The molecular formula is C7H12O6. The first-order chi connectivity index (χ1) is 6.11. The minimum absolute atomic E-state index is 0.501. The van der Waals surface area contributed by atoms with Gasteiger partial charge >= 0.3 is 0 Å². The molecule has 0 aliphatic carbocycles. The van der Waals surface area contributed by atoms with Gasteiger partial charge in [0, 0.05) is 7.11 Å². The lowest BCUT2D eigenvalue weighted by molar-refractivity contribution is -0.247. The van der Waals surface area contributed by atoms with Gasteiger partial charge in [-0.3, -0.25) is 4.79 Å². The van der Waals surface area contributed by atoms with Crippen molar-refractivity contribution in [2.75, 3.05) is 13.7 Å². The molecule has 0 aromatic rings. The minimum atomic E-state index is -1.50. The minimum Gasteiger partial charge on any atom is -0.394 e. The Morgan fingerprint density at radius 2 is 2.08 bits per heavy atom. The lowest BCUT2D eigenvalue weighted by Crippen LogP contribution is -2.56. The van der Waals surface area contributed by atoms with E-state index in [-0.39, 0.29) is 0 Å². The van der Waals surface area contributed by atoms with Crippen LogP contribution in [-0.2, 0) is 14.3 Å². The fourth-order valence-electron chi connectivity index (χ4n) is 1.14. The van der Waals surface area contributed by atoms with Gasteiger partial charge in [0.25, 0.3) is 0 Å². The van der Waals surface area contributed by atoms with Gasteiger partial charge in [0.15, 0.2) is 18.2 Å².